The fourth-order valence-electron chi connectivity index (χ4n) is 2.41. The van der Waals surface area contributed by atoms with E-state index in [4.69, 9.17) is 10.2 Å². The van der Waals surface area contributed by atoms with Gasteiger partial charge in [-0.1, -0.05) is 13.3 Å². The van der Waals surface area contributed by atoms with Crippen LogP contribution in [0.1, 0.15) is 39.0 Å². The van der Waals surface area contributed by atoms with Crippen LogP contribution in [0.5, 0.6) is 0 Å². The highest BCUT2D eigenvalue weighted by Crippen LogP contribution is 2.32. The molecule has 1 rings (SSSR count). The molecule has 0 aromatic carbocycles. The molecule has 5 heteroatoms. The first kappa shape index (κ1) is 14.0. The van der Waals surface area contributed by atoms with Crippen LogP contribution < -0.4 is 5.32 Å². The van der Waals surface area contributed by atoms with Crippen molar-refractivity contribution in [3.8, 4) is 0 Å². The molecule has 0 aliphatic heterocycles. The average molecular weight is 243 g/mol. The second kappa shape index (κ2) is 6.59. The van der Waals surface area contributed by atoms with Gasteiger partial charge in [0.05, 0.1) is 11.8 Å². The molecule has 0 aromatic rings. The fraction of sp³-hybridized carbons (Fsp3) is 0.833. The van der Waals surface area contributed by atoms with Gasteiger partial charge >= 0.3 is 5.97 Å². The molecule has 0 saturated heterocycles. The van der Waals surface area contributed by atoms with Gasteiger partial charge in [-0.25, -0.2) is 0 Å². The van der Waals surface area contributed by atoms with Crippen molar-refractivity contribution < 1.29 is 19.8 Å². The lowest BCUT2D eigenvalue weighted by atomic mass is 9.95. The summed E-state index contributed by atoms with van der Waals surface area (Å²) < 4.78 is 0. The molecule has 98 valence electrons. The molecular formula is C12H21NO4. The van der Waals surface area contributed by atoms with Crippen molar-refractivity contribution in [2.75, 3.05) is 6.61 Å². The van der Waals surface area contributed by atoms with E-state index in [1.807, 2.05) is 6.92 Å². The maximum absolute atomic E-state index is 11.9. The van der Waals surface area contributed by atoms with Crippen LogP contribution >= 0.6 is 0 Å². The maximum Gasteiger partial charge on any atom is 0.307 e. The first-order valence-electron chi connectivity index (χ1n) is 6.24. The third-order valence-corrected chi connectivity index (χ3v) is 3.49. The second-order valence-electron chi connectivity index (χ2n) is 4.61. The fourth-order valence-corrected chi connectivity index (χ4v) is 2.41. The predicted octanol–water partition coefficient (Wildman–Crippen LogP) is 0.764. The van der Waals surface area contributed by atoms with E-state index in [2.05, 4.69) is 5.32 Å². The molecular weight excluding hydrogens is 222 g/mol. The largest absolute Gasteiger partial charge is 0.481 e. The van der Waals surface area contributed by atoms with Crippen molar-refractivity contribution in [2.45, 2.75) is 45.1 Å². The highest BCUT2D eigenvalue weighted by molar-refractivity contribution is 5.85. The Bertz CT molecular complexity index is 280. The number of aliphatic carboxylic acids is 1. The van der Waals surface area contributed by atoms with Crippen molar-refractivity contribution in [3.63, 3.8) is 0 Å². The Hall–Kier alpha value is -1.10. The lowest BCUT2D eigenvalue weighted by molar-refractivity contribution is -0.146. The third-order valence-electron chi connectivity index (χ3n) is 3.49. The summed E-state index contributed by atoms with van der Waals surface area (Å²) in [6, 6.07) is -0.0532. The molecule has 1 saturated carbocycles. The van der Waals surface area contributed by atoms with Crippen LogP contribution in [-0.4, -0.2) is 34.7 Å². The molecule has 3 unspecified atom stereocenters. The maximum atomic E-state index is 11.9. The molecule has 0 heterocycles. The van der Waals surface area contributed by atoms with E-state index in [9.17, 15) is 9.59 Å². The van der Waals surface area contributed by atoms with Gasteiger partial charge in [0.1, 0.15) is 0 Å². The Balaban J connectivity index is 2.54. The van der Waals surface area contributed by atoms with E-state index in [0.717, 1.165) is 12.8 Å². The summed E-state index contributed by atoms with van der Waals surface area (Å²) in [6.07, 6.45) is 3.30. The van der Waals surface area contributed by atoms with Crippen LogP contribution in [0.25, 0.3) is 0 Å². The quantitative estimate of drug-likeness (QED) is 0.643. The highest BCUT2D eigenvalue weighted by Gasteiger charge is 2.38. The minimum absolute atomic E-state index is 0.0335. The van der Waals surface area contributed by atoms with Gasteiger partial charge in [0.2, 0.25) is 5.91 Å². The number of amides is 1. The van der Waals surface area contributed by atoms with Crippen molar-refractivity contribution >= 4 is 11.9 Å². The number of hydrogen-bond acceptors (Lipinski definition) is 3. The first-order valence-corrected chi connectivity index (χ1v) is 6.24. The Labute approximate surface area is 101 Å². The minimum Gasteiger partial charge on any atom is -0.481 e. The van der Waals surface area contributed by atoms with Crippen LogP contribution in [0.4, 0.5) is 0 Å². The van der Waals surface area contributed by atoms with Gasteiger partial charge in [0, 0.05) is 12.6 Å². The van der Waals surface area contributed by atoms with Gasteiger partial charge in [0.25, 0.3) is 0 Å². The van der Waals surface area contributed by atoms with E-state index in [1.165, 1.54) is 0 Å². The number of aliphatic hydroxyl groups excluding tert-OH is 1. The first-order chi connectivity index (χ1) is 8.10. The molecule has 3 atom stereocenters. The zero-order valence-electron chi connectivity index (χ0n) is 10.2. The molecule has 0 aromatic heterocycles. The Morgan fingerprint density at radius 3 is 2.53 bits per heavy atom. The van der Waals surface area contributed by atoms with Gasteiger partial charge < -0.3 is 15.5 Å². The van der Waals surface area contributed by atoms with Crippen LogP contribution in [0, 0.1) is 11.8 Å². The molecule has 1 aliphatic carbocycles. The zero-order valence-corrected chi connectivity index (χ0v) is 10.2. The Morgan fingerprint density at radius 2 is 2.00 bits per heavy atom. The van der Waals surface area contributed by atoms with E-state index < -0.39 is 17.8 Å². The third kappa shape index (κ3) is 3.70. The summed E-state index contributed by atoms with van der Waals surface area (Å²) in [5, 5.41) is 20.7. The lowest BCUT2D eigenvalue weighted by Crippen LogP contribution is -2.41. The van der Waals surface area contributed by atoms with Crippen LogP contribution in [0.15, 0.2) is 0 Å². The number of carboxylic acid groups (broad SMARTS) is 1. The predicted molar refractivity (Wildman–Crippen MR) is 62.4 cm³/mol. The van der Waals surface area contributed by atoms with Gasteiger partial charge in [-0.15, -0.1) is 0 Å². The molecule has 0 radical (unpaired) electrons. The molecule has 0 bridgehead atoms. The molecule has 1 amide bonds. The van der Waals surface area contributed by atoms with E-state index in [0.29, 0.717) is 19.3 Å². The average Bonchev–Trinajstić information content (AvgIpc) is 2.77. The van der Waals surface area contributed by atoms with Crippen molar-refractivity contribution in [3.05, 3.63) is 0 Å². The number of rotatable bonds is 6. The van der Waals surface area contributed by atoms with Gasteiger partial charge in [0.15, 0.2) is 0 Å². The summed E-state index contributed by atoms with van der Waals surface area (Å²) in [5.74, 6) is -1.99. The number of carbonyl (C=O) groups is 2. The van der Waals surface area contributed by atoms with Crippen molar-refractivity contribution in [1.29, 1.82) is 0 Å². The molecule has 5 nitrogen and oxygen atoms in total. The Morgan fingerprint density at radius 1 is 1.35 bits per heavy atom. The monoisotopic (exact) mass is 243 g/mol. The van der Waals surface area contributed by atoms with Crippen molar-refractivity contribution in [2.24, 2.45) is 11.8 Å². The smallest absolute Gasteiger partial charge is 0.307 e. The number of aliphatic hydroxyl groups is 1. The summed E-state index contributed by atoms with van der Waals surface area (Å²) in [4.78, 5) is 22.9. The molecule has 3 N–H and O–H groups in total. The molecule has 1 aliphatic rings. The molecule has 0 spiro atoms. The standard InChI is InChI=1S/C12H21NO4/c1-2-8(6-7-14)13-11(15)9-4-3-5-10(9)12(16)17/h8-10,14H,2-7H2,1H3,(H,13,15)(H,16,17). The van der Waals surface area contributed by atoms with Gasteiger partial charge in [-0.3, -0.25) is 9.59 Å². The van der Waals surface area contributed by atoms with Crippen molar-refractivity contribution in [1.82, 2.24) is 5.32 Å². The number of nitrogens with one attached hydrogen (secondary N) is 1. The second-order valence-corrected chi connectivity index (χ2v) is 4.61. The normalized spacial score (nSPS) is 25.5. The summed E-state index contributed by atoms with van der Waals surface area (Å²) in [7, 11) is 0. The molecule has 17 heavy (non-hydrogen) atoms. The lowest BCUT2D eigenvalue weighted by Gasteiger charge is -2.20. The molecule has 1 fully saturated rings. The summed E-state index contributed by atoms with van der Waals surface area (Å²) in [5.41, 5.74) is 0. The van der Waals surface area contributed by atoms with Crippen LogP contribution in [0.3, 0.4) is 0 Å². The van der Waals surface area contributed by atoms with Gasteiger partial charge in [-0.05, 0) is 25.7 Å². The highest BCUT2D eigenvalue weighted by atomic mass is 16.4. The number of carboxylic acids is 1. The van der Waals surface area contributed by atoms with E-state index >= 15 is 0 Å². The minimum atomic E-state index is -0.877. The van der Waals surface area contributed by atoms with E-state index in [1.54, 1.807) is 0 Å². The van der Waals surface area contributed by atoms with Crippen LogP contribution in [0.2, 0.25) is 0 Å². The Kier molecular flexibility index (Phi) is 5.41. The SMILES string of the molecule is CCC(CCO)NC(=O)C1CCCC1C(=O)O. The summed E-state index contributed by atoms with van der Waals surface area (Å²) >= 11 is 0. The van der Waals surface area contributed by atoms with Crippen LogP contribution in [-0.2, 0) is 9.59 Å². The summed E-state index contributed by atoms with van der Waals surface area (Å²) in [6.45, 7) is 1.97. The number of carbonyl (C=O) groups excluding carboxylic acids is 1. The zero-order chi connectivity index (χ0) is 12.8. The van der Waals surface area contributed by atoms with Gasteiger partial charge in [-0.2, -0.15) is 0 Å². The van der Waals surface area contributed by atoms with E-state index in [-0.39, 0.29) is 18.6 Å². The number of hydrogen-bond donors (Lipinski definition) is 3. The topological polar surface area (TPSA) is 86.6 Å².